The van der Waals surface area contributed by atoms with Gasteiger partial charge in [-0.15, -0.1) is 22.7 Å². The van der Waals surface area contributed by atoms with E-state index in [0.717, 1.165) is 5.69 Å². The molecule has 0 aliphatic rings. The van der Waals surface area contributed by atoms with Crippen molar-refractivity contribution in [3.8, 4) is 11.3 Å². The molecule has 0 aliphatic carbocycles. The summed E-state index contributed by atoms with van der Waals surface area (Å²) < 4.78 is 4.09. The maximum Gasteiger partial charge on any atom is 0.0795 e. The van der Waals surface area contributed by atoms with Crippen molar-refractivity contribution in [1.82, 2.24) is 4.98 Å². The van der Waals surface area contributed by atoms with Crippen LogP contribution in [-0.4, -0.2) is 4.98 Å². The summed E-state index contributed by atoms with van der Waals surface area (Å²) in [6.45, 7) is 9.08. The number of nitrogens with zero attached hydrogens (tertiary/aromatic N) is 1. The van der Waals surface area contributed by atoms with Gasteiger partial charge in [-0.3, -0.25) is 4.98 Å². The Balaban J connectivity index is 1.72. The summed E-state index contributed by atoms with van der Waals surface area (Å²) >= 11 is 3.76. The lowest BCUT2D eigenvalue weighted by molar-refractivity contribution is 0.596. The van der Waals surface area contributed by atoms with E-state index in [1.807, 2.05) is 28.9 Å². The Labute approximate surface area is 190 Å². The van der Waals surface area contributed by atoms with Crippen molar-refractivity contribution in [2.24, 2.45) is 0 Å². The van der Waals surface area contributed by atoms with E-state index < -0.39 is 0 Å². The van der Waals surface area contributed by atoms with Gasteiger partial charge in [0, 0.05) is 27.2 Å². The first kappa shape index (κ1) is 19.0. The van der Waals surface area contributed by atoms with Gasteiger partial charge in [-0.1, -0.05) is 57.2 Å². The summed E-state index contributed by atoms with van der Waals surface area (Å²) in [5.41, 5.74) is 5.09. The second kappa shape index (κ2) is 6.62. The van der Waals surface area contributed by atoms with Gasteiger partial charge >= 0.3 is 0 Å². The minimum atomic E-state index is 0.0564. The number of aromatic nitrogens is 1. The van der Waals surface area contributed by atoms with Gasteiger partial charge in [0.1, 0.15) is 0 Å². The highest BCUT2D eigenvalue weighted by molar-refractivity contribution is 7.30. The third-order valence-electron chi connectivity index (χ3n) is 6.23. The number of benzene rings is 3. The monoisotopic (exact) mass is 437 g/mol. The SMILES string of the molecule is Cc1csc2c1ccc1c2sc2ccnc(-c3cc(C(C)(C)C)c4ccccc4c3)c21. The van der Waals surface area contributed by atoms with Gasteiger partial charge in [-0.25, -0.2) is 0 Å². The third-order valence-corrected chi connectivity index (χ3v) is 8.68. The van der Waals surface area contributed by atoms with Crippen LogP contribution >= 0.6 is 22.7 Å². The van der Waals surface area contributed by atoms with Crippen molar-refractivity contribution in [3.05, 3.63) is 77.3 Å². The van der Waals surface area contributed by atoms with Crippen molar-refractivity contribution >= 4 is 63.7 Å². The van der Waals surface area contributed by atoms with Crippen molar-refractivity contribution < 1.29 is 0 Å². The topological polar surface area (TPSA) is 12.9 Å². The molecule has 0 bridgehead atoms. The van der Waals surface area contributed by atoms with E-state index in [1.165, 1.54) is 57.7 Å². The Bertz CT molecular complexity index is 1630. The van der Waals surface area contributed by atoms with Crippen LogP contribution in [0.5, 0.6) is 0 Å². The van der Waals surface area contributed by atoms with Crippen molar-refractivity contribution in [2.75, 3.05) is 0 Å². The van der Waals surface area contributed by atoms with E-state index in [2.05, 4.69) is 87.7 Å². The summed E-state index contributed by atoms with van der Waals surface area (Å²) in [4.78, 5) is 4.92. The molecule has 1 nitrogen and oxygen atoms in total. The number of hydrogen-bond acceptors (Lipinski definition) is 3. The number of aryl methyl sites for hydroxylation is 1. The van der Waals surface area contributed by atoms with Gasteiger partial charge in [-0.2, -0.15) is 0 Å². The molecule has 3 heteroatoms. The molecule has 0 saturated carbocycles. The van der Waals surface area contributed by atoms with Crippen molar-refractivity contribution in [1.29, 1.82) is 0 Å². The van der Waals surface area contributed by atoms with Crippen LogP contribution in [0.3, 0.4) is 0 Å². The molecule has 6 rings (SSSR count). The lowest BCUT2D eigenvalue weighted by atomic mass is 9.82. The first-order valence-corrected chi connectivity index (χ1v) is 12.3. The molecule has 152 valence electrons. The van der Waals surface area contributed by atoms with Gasteiger partial charge in [0.25, 0.3) is 0 Å². The van der Waals surface area contributed by atoms with Crippen molar-refractivity contribution in [2.45, 2.75) is 33.1 Å². The highest BCUT2D eigenvalue weighted by Gasteiger charge is 2.20. The number of pyridine rings is 1. The number of fused-ring (bicyclic) bond motifs is 6. The van der Waals surface area contributed by atoms with Crippen LogP contribution in [-0.2, 0) is 5.41 Å². The largest absolute Gasteiger partial charge is 0.256 e. The van der Waals surface area contributed by atoms with Crippen LogP contribution in [0.15, 0.2) is 66.2 Å². The predicted molar refractivity (Wildman–Crippen MR) is 139 cm³/mol. The van der Waals surface area contributed by atoms with E-state index in [-0.39, 0.29) is 5.41 Å². The molecule has 0 atom stereocenters. The fourth-order valence-electron chi connectivity index (χ4n) is 4.69. The Morgan fingerprint density at radius 1 is 0.839 bits per heavy atom. The summed E-state index contributed by atoms with van der Waals surface area (Å²) in [6, 6.07) is 20.1. The van der Waals surface area contributed by atoms with Gasteiger partial charge < -0.3 is 0 Å². The predicted octanol–water partition coefficient (Wildman–Crippen LogP) is 9.09. The molecule has 0 unspecified atom stereocenters. The van der Waals surface area contributed by atoms with Crippen LogP contribution < -0.4 is 0 Å². The minimum Gasteiger partial charge on any atom is -0.256 e. The van der Waals surface area contributed by atoms with E-state index in [9.17, 15) is 0 Å². The third kappa shape index (κ3) is 2.84. The summed E-state index contributed by atoms with van der Waals surface area (Å²) in [5.74, 6) is 0. The van der Waals surface area contributed by atoms with E-state index in [4.69, 9.17) is 4.98 Å². The lowest BCUT2D eigenvalue weighted by Gasteiger charge is -2.23. The normalized spacial score (nSPS) is 12.5. The summed E-state index contributed by atoms with van der Waals surface area (Å²) in [6.07, 6.45) is 1.97. The molecular weight excluding hydrogens is 414 g/mol. The average Bonchev–Trinajstić information content (AvgIpc) is 3.32. The Hall–Kier alpha value is -2.75. The molecule has 0 radical (unpaired) electrons. The fraction of sp³-hybridized carbons (Fsp3) is 0.179. The Morgan fingerprint density at radius 3 is 2.48 bits per heavy atom. The first-order valence-electron chi connectivity index (χ1n) is 10.6. The highest BCUT2D eigenvalue weighted by Crippen LogP contribution is 2.45. The Morgan fingerprint density at radius 2 is 1.65 bits per heavy atom. The second-order valence-corrected chi connectivity index (χ2v) is 11.3. The lowest BCUT2D eigenvalue weighted by Crippen LogP contribution is -2.12. The maximum absolute atomic E-state index is 4.92. The zero-order valence-corrected chi connectivity index (χ0v) is 19.7. The van der Waals surface area contributed by atoms with E-state index in [1.54, 1.807) is 0 Å². The Kier molecular flexibility index (Phi) is 4.05. The molecule has 0 spiro atoms. The zero-order chi connectivity index (χ0) is 21.3. The molecular formula is C28H23NS2. The van der Waals surface area contributed by atoms with Crippen molar-refractivity contribution in [3.63, 3.8) is 0 Å². The van der Waals surface area contributed by atoms with E-state index >= 15 is 0 Å². The van der Waals surface area contributed by atoms with E-state index in [0.29, 0.717) is 0 Å². The van der Waals surface area contributed by atoms with Crippen LogP contribution in [0.2, 0.25) is 0 Å². The number of thiophene rings is 2. The van der Waals surface area contributed by atoms with Crippen LogP contribution in [0.4, 0.5) is 0 Å². The molecule has 0 saturated heterocycles. The molecule has 3 aromatic carbocycles. The van der Waals surface area contributed by atoms with Crippen LogP contribution in [0.1, 0.15) is 31.9 Å². The standard InChI is InChI=1S/C28H23NS2/c1-16-15-30-26-19(16)9-10-21-24-23(31-27(21)26)11-12-29-25(24)18-13-17-7-5-6-8-20(17)22(14-18)28(2,3)4/h5-15H,1-4H3. The quantitative estimate of drug-likeness (QED) is 0.250. The van der Waals surface area contributed by atoms with Gasteiger partial charge in [0.05, 0.1) is 15.1 Å². The first-order chi connectivity index (χ1) is 14.9. The molecule has 0 aliphatic heterocycles. The highest BCUT2D eigenvalue weighted by atomic mass is 32.1. The molecule has 0 N–H and O–H groups in total. The van der Waals surface area contributed by atoms with Gasteiger partial charge in [-0.05, 0) is 63.2 Å². The molecule has 31 heavy (non-hydrogen) atoms. The second-order valence-electron chi connectivity index (χ2n) is 9.37. The average molecular weight is 438 g/mol. The van der Waals surface area contributed by atoms with Crippen LogP contribution in [0.25, 0.3) is 52.3 Å². The summed E-state index contributed by atoms with van der Waals surface area (Å²) in [5, 5.41) is 8.86. The van der Waals surface area contributed by atoms with Gasteiger partial charge in [0.15, 0.2) is 0 Å². The molecule has 3 heterocycles. The molecule has 3 aromatic heterocycles. The molecule has 6 aromatic rings. The number of rotatable bonds is 1. The molecule has 0 amide bonds. The summed E-state index contributed by atoms with van der Waals surface area (Å²) in [7, 11) is 0. The maximum atomic E-state index is 4.92. The minimum absolute atomic E-state index is 0.0564. The smallest absolute Gasteiger partial charge is 0.0795 e. The number of hydrogen-bond donors (Lipinski definition) is 0. The molecule has 0 fully saturated rings. The van der Waals surface area contributed by atoms with Gasteiger partial charge in [0.2, 0.25) is 0 Å². The fourth-order valence-corrected chi connectivity index (χ4v) is 7.09. The zero-order valence-electron chi connectivity index (χ0n) is 18.1. The van der Waals surface area contributed by atoms with Crippen LogP contribution in [0, 0.1) is 6.92 Å².